The van der Waals surface area contributed by atoms with Crippen molar-refractivity contribution in [1.82, 2.24) is 0 Å². The lowest BCUT2D eigenvalue weighted by molar-refractivity contribution is -0.115. The topological polar surface area (TPSA) is 75.3 Å². The van der Waals surface area contributed by atoms with E-state index in [0.717, 1.165) is 11.1 Å². The third-order valence-electron chi connectivity index (χ3n) is 2.78. The van der Waals surface area contributed by atoms with Crippen LogP contribution in [0.15, 0.2) is 48.5 Å². The van der Waals surface area contributed by atoms with Gasteiger partial charge in [-0.3, -0.25) is 4.79 Å². The number of phenolic OH excluding ortho intramolecular Hbond substituents is 1. The molecule has 0 saturated heterocycles. The van der Waals surface area contributed by atoms with Crippen molar-refractivity contribution < 1.29 is 9.90 Å². The summed E-state index contributed by atoms with van der Waals surface area (Å²) >= 11 is 0. The molecule has 106 valence electrons. The zero-order chi connectivity index (χ0) is 15.1. The number of nitrogens with two attached hydrogens (primary N) is 1. The van der Waals surface area contributed by atoms with Gasteiger partial charge in [0, 0.05) is 11.3 Å². The van der Waals surface area contributed by atoms with Crippen LogP contribution in [-0.4, -0.2) is 17.6 Å². The fourth-order valence-corrected chi connectivity index (χ4v) is 1.85. The van der Waals surface area contributed by atoms with Crippen molar-refractivity contribution in [3.05, 3.63) is 59.7 Å². The van der Waals surface area contributed by atoms with Crippen molar-refractivity contribution in [1.29, 1.82) is 0 Å². The van der Waals surface area contributed by atoms with E-state index < -0.39 is 0 Å². The highest BCUT2D eigenvalue weighted by Gasteiger charge is 2.04. The number of carbonyl (C=O) groups is 1. The summed E-state index contributed by atoms with van der Waals surface area (Å²) in [7, 11) is 0. The Balaban J connectivity index is 1.96. The average Bonchev–Trinajstić information content (AvgIpc) is 2.46. The van der Waals surface area contributed by atoms with E-state index >= 15 is 0 Å². The first-order valence-electron chi connectivity index (χ1n) is 6.54. The summed E-state index contributed by atoms with van der Waals surface area (Å²) in [5.74, 6) is 5.70. The second-order valence-electron chi connectivity index (χ2n) is 4.48. The molecule has 0 spiro atoms. The van der Waals surface area contributed by atoms with E-state index in [-0.39, 0.29) is 18.1 Å². The maximum absolute atomic E-state index is 11.9. The molecule has 2 aromatic carbocycles. The molecule has 4 nitrogen and oxygen atoms in total. The summed E-state index contributed by atoms with van der Waals surface area (Å²) in [6.45, 7) is 0.322. The van der Waals surface area contributed by atoms with Gasteiger partial charge in [-0.15, -0.1) is 0 Å². The number of benzene rings is 2. The predicted octanol–water partition coefficient (Wildman–Crippen LogP) is 1.88. The first-order chi connectivity index (χ1) is 10.2. The number of hydrogen-bond donors (Lipinski definition) is 3. The maximum Gasteiger partial charge on any atom is 0.228 e. The molecule has 2 rings (SSSR count). The number of carbonyl (C=O) groups excluding carboxylic acids is 1. The van der Waals surface area contributed by atoms with Gasteiger partial charge in [0.1, 0.15) is 5.75 Å². The third-order valence-corrected chi connectivity index (χ3v) is 2.78. The van der Waals surface area contributed by atoms with Gasteiger partial charge in [0.15, 0.2) is 0 Å². The van der Waals surface area contributed by atoms with E-state index in [0.29, 0.717) is 12.2 Å². The van der Waals surface area contributed by atoms with Gasteiger partial charge in [0.2, 0.25) is 5.91 Å². The Kier molecular flexibility index (Phi) is 4.97. The molecule has 0 radical (unpaired) electrons. The highest BCUT2D eigenvalue weighted by molar-refractivity contribution is 5.92. The van der Waals surface area contributed by atoms with Crippen LogP contribution in [0.1, 0.15) is 11.1 Å². The van der Waals surface area contributed by atoms with Gasteiger partial charge in [-0.05, 0) is 42.0 Å². The molecule has 4 heteroatoms. The number of amides is 1. The quantitative estimate of drug-likeness (QED) is 0.751. The van der Waals surface area contributed by atoms with Gasteiger partial charge >= 0.3 is 0 Å². The fraction of sp³-hybridized carbons (Fsp3) is 0.118. The van der Waals surface area contributed by atoms with Crippen LogP contribution in [0.2, 0.25) is 0 Å². The van der Waals surface area contributed by atoms with Crippen LogP contribution in [-0.2, 0) is 11.2 Å². The van der Waals surface area contributed by atoms with Gasteiger partial charge in [-0.2, -0.15) is 0 Å². The minimum absolute atomic E-state index is 0.138. The normalized spacial score (nSPS) is 9.57. The summed E-state index contributed by atoms with van der Waals surface area (Å²) in [6, 6.07) is 13.9. The average molecular weight is 280 g/mol. The maximum atomic E-state index is 11.9. The lowest BCUT2D eigenvalue weighted by Gasteiger charge is -2.05. The highest BCUT2D eigenvalue weighted by atomic mass is 16.3. The first kappa shape index (κ1) is 14.6. The number of phenols is 1. The second kappa shape index (κ2) is 7.13. The molecule has 0 aliphatic rings. The molecule has 21 heavy (non-hydrogen) atoms. The molecule has 0 unspecified atom stereocenters. The Morgan fingerprint density at radius 1 is 1.19 bits per heavy atom. The summed E-state index contributed by atoms with van der Waals surface area (Å²) in [6.07, 6.45) is 0.211. The van der Waals surface area contributed by atoms with Gasteiger partial charge < -0.3 is 16.2 Å². The SMILES string of the molecule is NCC#Cc1ccc(NC(=O)Cc2cccc(O)c2)cc1. The van der Waals surface area contributed by atoms with Crippen molar-refractivity contribution in [2.24, 2.45) is 5.73 Å². The molecule has 0 aromatic heterocycles. The van der Waals surface area contributed by atoms with Crippen LogP contribution in [0.25, 0.3) is 0 Å². The second-order valence-corrected chi connectivity index (χ2v) is 4.48. The monoisotopic (exact) mass is 280 g/mol. The van der Waals surface area contributed by atoms with Crippen LogP contribution < -0.4 is 11.1 Å². The zero-order valence-corrected chi connectivity index (χ0v) is 11.5. The van der Waals surface area contributed by atoms with Crippen LogP contribution in [0.3, 0.4) is 0 Å². The van der Waals surface area contributed by atoms with E-state index in [4.69, 9.17) is 5.73 Å². The Bertz CT molecular complexity index is 682. The molecule has 1 amide bonds. The molecule has 0 fully saturated rings. The molecule has 0 aliphatic heterocycles. The molecular weight excluding hydrogens is 264 g/mol. The summed E-state index contributed by atoms with van der Waals surface area (Å²) in [4.78, 5) is 11.9. The summed E-state index contributed by atoms with van der Waals surface area (Å²) in [5, 5.41) is 12.2. The predicted molar refractivity (Wildman–Crippen MR) is 82.8 cm³/mol. The number of aromatic hydroxyl groups is 1. The van der Waals surface area contributed by atoms with Crippen LogP contribution in [0, 0.1) is 11.8 Å². The van der Waals surface area contributed by atoms with Gasteiger partial charge in [-0.1, -0.05) is 24.0 Å². The largest absolute Gasteiger partial charge is 0.508 e. The lowest BCUT2D eigenvalue weighted by atomic mass is 10.1. The Morgan fingerprint density at radius 3 is 2.62 bits per heavy atom. The van der Waals surface area contributed by atoms with E-state index in [1.165, 1.54) is 0 Å². The Hall–Kier alpha value is -2.77. The molecule has 0 atom stereocenters. The summed E-state index contributed by atoms with van der Waals surface area (Å²) in [5.41, 5.74) is 7.63. The van der Waals surface area contributed by atoms with Crippen LogP contribution in [0.4, 0.5) is 5.69 Å². The Morgan fingerprint density at radius 2 is 1.95 bits per heavy atom. The fourth-order valence-electron chi connectivity index (χ4n) is 1.85. The Labute approximate surface area is 123 Å². The molecule has 0 saturated carbocycles. The number of anilines is 1. The van der Waals surface area contributed by atoms with Gasteiger partial charge in [0.05, 0.1) is 13.0 Å². The van der Waals surface area contributed by atoms with E-state index in [2.05, 4.69) is 17.2 Å². The van der Waals surface area contributed by atoms with E-state index in [1.54, 1.807) is 36.4 Å². The smallest absolute Gasteiger partial charge is 0.228 e. The molecule has 2 aromatic rings. The van der Waals surface area contributed by atoms with Crippen molar-refractivity contribution in [3.8, 4) is 17.6 Å². The highest BCUT2D eigenvalue weighted by Crippen LogP contribution is 2.13. The van der Waals surface area contributed by atoms with Gasteiger partial charge in [-0.25, -0.2) is 0 Å². The van der Waals surface area contributed by atoms with Crippen LogP contribution in [0.5, 0.6) is 5.75 Å². The van der Waals surface area contributed by atoms with E-state index in [9.17, 15) is 9.90 Å². The number of rotatable bonds is 3. The molecule has 4 N–H and O–H groups in total. The third kappa shape index (κ3) is 4.68. The van der Waals surface area contributed by atoms with Gasteiger partial charge in [0.25, 0.3) is 0 Å². The van der Waals surface area contributed by atoms with Crippen molar-refractivity contribution >= 4 is 11.6 Å². The van der Waals surface area contributed by atoms with Crippen molar-refractivity contribution in [3.63, 3.8) is 0 Å². The standard InChI is InChI=1S/C17H16N2O2/c18-10-2-4-13-6-8-15(9-7-13)19-17(21)12-14-3-1-5-16(20)11-14/h1,3,5-9,11,20H,10,12,18H2,(H,19,21). The first-order valence-corrected chi connectivity index (χ1v) is 6.54. The molecule has 0 bridgehead atoms. The minimum Gasteiger partial charge on any atom is -0.508 e. The van der Waals surface area contributed by atoms with Crippen molar-refractivity contribution in [2.75, 3.05) is 11.9 Å². The molecule has 0 heterocycles. The molecule has 0 aliphatic carbocycles. The minimum atomic E-state index is -0.138. The number of nitrogens with one attached hydrogen (secondary N) is 1. The van der Waals surface area contributed by atoms with Crippen molar-refractivity contribution in [2.45, 2.75) is 6.42 Å². The van der Waals surface area contributed by atoms with E-state index in [1.807, 2.05) is 12.1 Å². The number of hydrogen-bond acceptors (Lipinski definition) is 3. The van der Waals surface area contributed by atoms with Crippen LogP contribution >= 0.6 is 0 Å². The molecular formula is C17H16N2O2. The summed E-state index contributed by atoms with van der Waals surface area (Å²) < 4.78 is 0. The zero-order valence-electron chi connectivity index (χ0n) is 11.5. The lowest BCUT2D eigenvalue weighted by Crippen LogP contribution is -2.14.